The van der Waals surface area contributed by atoms with Crippen LogP contribution in [0.25, 0.3) is 0 Å². The van der Waals surface area contributed by atoms with Crippen molar-refractivity contribution in [1.82, 2.24) is 15.1 Å². The van der Waals surface area contributed by atoms with E-state index in [1.54, 1.807) is 12.0 Å². The van der Waals surface area contributed by atoms with Crippen LogP contribution in [-0.4, -0.2) is 53.7 Å². The van der Waals surface area contributed by atoms with E-state index in [1.165, 1.54) is 11.3 Å². The van der Waals surface area contributed by atoms with Gasteiger partial charge in [0.15, 0.2) is 0 Å². The zero-order valence-corrected chi connectivity index (χ0v) is 11.7. The molecule has 1 fully saturated rings. The highest BCUT2D eigenvalue weighted by atomic mass is 32.1. The molecule has 0 radical (unpaired) electrons. The lowest BCUT2D eigenvalue weighted by atomic mass is 10.1. The van der Waals surface area contributed by atoms with E-state index in [4.69, 9.17) is 4.74 Å². The molecule has 7 nitrogen and oxygen atoms in total. The number of rotatable bonds is 5. The van der Waals surface area contributed by atoms with Crippen LogP contribution < -0.4 is 5.32 Å². The Hall–Kier alpha value is -1.54. The zero-order valence-electron chi connectivity index (χ0n) is 10.9. The van der Waals surface area contributed by atoms with Gasteiger partial charge in [0, 0.05) is 26.6 Å². The molecular weight excluding hydrogens is 268 g/mol. The Morgan fingerprint density at radius 3 is 3.00 bits per heavy atom. The molecule has 1 aliphatic heterocycles. The largest absolute Gasteiger partial charge is 0.383 e. The third kappa shape index (κ3) is 3.48. The molecule has 104 valence electrons. The molecule has 0 aromatic carbocycles. The van der Waals surface area contributed by atoms with Crippen LogP contribution in [0.15, 0.2) is 0 Å². The van der Waals surface area contributed by atoms with Gasteiger partial charge < -0.3 is 15.0 Å². The second-order valence-corrected chi connectivity index (χ2v) is 5.53. The van der Waals surface area contributed by atoms with E-state index >= 15 is 0 Å². The summed E-state index contributed by atoms with van der Waals surface area (Å²) in [5.41, 5.74) is 0. The number of aryl methyl sites for hydroxylation is 1. The third-order valence-electron chi connectivity index (χ3n) is 2.91. The van der Waals surface area contributed by atoms with Crippen molar-refractivity contribution in [2.45, 2.75) is 13.3 Å². The van der Waals surface area contributed by atoms with Gasteiger partial charge >= 0.3 is 0 Å². The average Bonchev–Trinajstić information content (AvgIpc) is 2.93. The average molecular weight is 284 g/mol. The number of ether oxygens (including phenoxy) is 1. The Bertz CT molecular complexity index is 476. The normalized spacial score (nSPS) is 18.9. The van der Waals surface area contributed by atoms with Gasteiger partial charge in [0.2, 0.25) is 16.9 Å². The summed E-state index contributed by atoms with van der Waals surface area (Å²) < 4.78 is 4.94. The molecule has 1 N–H and O–H groups in total. The molecular formula is C11H16N4O3S. The third-order valence-corrected chi connectivity index (χ3v) is 3.66. The molecule has 1 aromatic rings. The van der Waals surface area contributed by atoms with Crippen molar-refractivity contribution in [1.29, 1.82) is 0 Å². The standard InChI is InChI=1S/C11H16N4O3S/c1-7-13-14-11(19-7)12-10(17)8-5-9(16)15(6-8)3-4-18-2/h8H,3-6H2,1-2H3,(H,12,14,17). The number of nitrogens with one attached hydrogen (secondary N) is 1. The minimum absolute atomic E-state index is 0.00866. The van der Waals surface area contributed by atoms with Crippen LogP contribution in [0, 0.1) is 12.8 Å². The van der Waals surface area contributed by atoms with Crippen molar-refractivity contribution in [2.24, 2.45) is 5.92 Å². The van der Waals surface area contributed by atoms with Gasteiger partial charge in [-0.1, -0.05) is 11.3 Å². The molecule has 0 aliphatic carbocycles. The monoisotopic (exact) mass is 284 g/mol. The van der Waals surface area contributed by atoms with Crippen LogP contribution >= 0.6 is 11.3 Å². The van der Waals surface area contributed by atoms with Crippen molar-refractivity contribution in [3.8, 4) is 0 Å². The molecule has 1 atom stereocenters. The second kappa shape index (κ2) is 6.07. The fraction of sp³-hybridized carbons (Fsp3) is 0.636. The van der Waals surface area contributed by atoms with Crippen LogP contribution in [0.3, 0.4) is 0 Å². The number of anilines is 1. The van der Waals surface area contributed by atoms with Crippen molar-refractivity contribution < 1.29 is 14.3 Å². The van der Waals surface area contributed by atoms with Crippen LogP contribution in [0.1, 0.15) is 11.4 Å². The van der Waals surface area contributed by atoms with Crippen molar-refractivity contribution in [3.05, 3.63) is 5.01 Å². The van der Waals surface area contributed by atoms with E-state index in [2.05, 4.69) is 15.5 Å². The highest BCUT2D eigenvalue weighted by molar-refractivity contribution is 7.15. The molecule has 0 bridgehead atoms. The first-order valence-electron chi connectivity index (χ1n) is 5.98. The SMILES string of the molecule is COCCN1CC(C(=O)Nc2nnc(C)s2)CC1=O. The number of methoxy groups -OCH3 is 1. The van der Waals surface area contributed by atoms with E-state index < -0.39 is 0 Å². The molecule has 1 unspecified atom stereocenters. The lowest BCUT2D eigenvalue weighted by Gasteiger charge is -2.15. The fourth-order valence-corrected chi connectivity index (χ4v) is 2.51. The van der Waals surface area contributed by atoms with E-state index in [0.717, 1.165) is 5.01 Å². The molecule has 2 rings (SSSR count). The topological polar surface area (TPSA) is 84.4 Å². The van der Waals surface area contributed by atoms with Gasteiger partial charge in [0.1, 0.15) is 5.01 Å². The second-order valence-electron chi connectivity index (χ2n) is 4.35. The summed E-state index contributed by atoms with van der Waals surface area (Å²) in [5.74, 6) is -0.511. The zero-order chi connectivity index (χ0) is 13.8. The number of carbonyl (C=O) groups excluding carboxylic acids is 2. The lowest BCUT2D eigenvalue weighted by Crippen LogP contribution is -2.30. The van der Waals surface area contributed by atoms with E-state index in [9.17, 15) is 9.59 Å². The van der Waals surface area contributed by atoms with Crippen LogP contribution in [0.5, 0.6) is 0 Å². The molecule has 0 saturated carbocycles. The van der Waals surface area contributed by atoms with Gasteiger partial charge in [-0.05, 0) is 6.92 Å². The van der Waals surface area contributed by atoms with Crippen LogP contribution in [0.2, 0.25) is 0 Å². The predicted molar refractivity (Wildman–Crippen MR) is 69.8 cm³/mol. The van der Waals surface area contributed by atoms with Gasteiger partial charge in [-0.2, -0.15) is 0 Å². The van der Waals surface area contributed by atoms with Gasteiger partial charge in [-0.3, -0.25) is 9.59 Å². The summed E-state index contributed by atoms with van der Waals surface area (Å²) >= 11 is 1.32. The van der Waals surface area contributed by atoms with Gasteiger partial charge in [0.25, 0.3) is 0 Å². The Morgan fingerprint density at radius 1 is 1.58 bits per heavy atom. The minimum atomic E-state index is -0.325. The Labute approximate surface area is 115 Å². The Morgan fingerprint density at radius 2 is 2.37 bits per heavy atom. The summed E-state index contributed by atoms with van der Waals surface area (Å²) in [5, 5.41) is 11.6. The summed E-state index contributed by atoms with van der Waals surface area (Å²) in [7, 11) is 1.59. The number of aromatic nitrogens is 2. The molecule has 8 heteroatoms. The number of nitrogens with zero attached hydrogens (tertiary/aromatic N) is 3. The molecule has 2 heterocycles. The fourth-order valence-electron chi connectivity index (χ4n) is 1.92. The highest BCUT2D eigenvalue weighted by Gasteiger charge is 2.34. The molecule has 19 heavy (non-hydrogen) atoms. The van der Waals surface area contributed by atoms with Gasteiger partial charge in [-0.15, -0.1) is 10.2 Å². The number of carbonyl (C=O) groups is 2. The number of likely N-dealkylation sites (tertiary alicyclic amines) is 1. The Kier molecular flexibility index (Phi) is 4.43. The summed E-state index contributed by atoms with van der Waals surface area (Å²) in [6.45, 7) is 3.26. The van der Waals surface area contributed by atoms with Gasteiger partial charge in [0.05, 0.1) is 12.5 Å². The highest BCUT2D eigenvalue weighted by Crippen LogP contribution is 2.21. The number of hydrogen-bond donors (Lipinski definition) is 1. The minimum Gasteiger partial charge on any atom is -0.383 e. The lowest BCUT2D eigenvalue weighted by molar-refractivity contribution is -0.128. The van der Waals surface area contributed by atoms with Crippen LogP contribution in [-0.2, 0) is 14.3 Å². The summed E-state index contributed by atoms with van der Waals surface area (Å²) in [6, 6.07) is 0. The molecule has 1 aromatic heterocycles. The van der Waals surface area contributed by atoms with Gasteiger partial charge in [-0.25, -0.2) is 0 Å². The molecule has 1 saturated heterocycles. The maximum atomic E-state index is 12.0. The van der Waals surface area contributed by atoms with Crippen molar-refractivity contribution in [2.75, 3.05) is 32.1 Å². The van der Waals surface area contributed by atoms with E-state index in [1.807, 2.05) is 6.92 Å². The van der Waals surface area contributed by atoms with Crippen LogP contribution in [0.4, 0.5) is 5.13 Å². The maximum Gasteiger partial charge on any atom is 0.231 e. The first kappa shape index (κ1) is 13.9. The molecule has 2 amide bonds. The molecule has 0 spiro atoms. The summed E-state index contributed by atoms with van der Waals surface area (Å²) in [4.78, 5) is 25.4. The quantitative estimate of drug-likeness (QED) is 0.839. The number of hydrogen-bond acceptors (Lipinski definition) is 6. The first-order valence-corrected chi connectivity index (χ1v) is 6.79. The predicted octanol–water partition coefficient (Wildman–Crippen LogP) is 0.280. The smallest absolute Gasteiger partial charge is 0.231 e. The maximum absolute atomic E-state index is 12.0. The molecule has 1 aliphatic rings. The number of amides is 2. The Balaban J connectivity index is 1.89. The van der Waals surface area contributed by atoms with E-state index in [-0.39, 0.29) is 24.2 Å². The first-order chi connectivity index (χ1) is 9.10. The summed E-state index contributed by atoms with van der Waals surface area (Å²) in [6.07, 6.45) is 0.243. The van der Waals surface area contributed by atoms with Crippen molar-refractivity contribution in [3.63, 3.8) is 0 Å². The van der Waals surface area contributed by atoms with Crippen molar-refractivity contribution >= 4 is 28.3 Å². The van der Waals surface area contributed by atoms with E-state index in [0.29, 0.717) is 24.8 Å².